The zero-order valence-corrected chi connectivity index (χ0v) is 15.6. The molecule has 0 aliphatic heterocycles. The van der Waals surface area contributed by atoms with Crippen molar-refractivity contribution < 1.29 is 19.3 Å². The molecule has 146 valence electrons. The summed E-state index contributed by atoms with van der Waals surface area (Å²) in [5, 5.41) is 9.19. The normalized spacial score (nSPS) is 10.6. The van der Waals surface area contributed by atoms with Crippen LogP contribution in [0.4, 0.5) is 17.3 Å². The number of hydrogen-bond acceptors (Lipinski definition) is 9. The maximum absolute atomic E-state index is 9.19. The van der Waals surface area contributed by atoms with Crippen LogP contribution in [0.5, 0.6) is 6.01 Å². The van der Waals surface area contributed by atoms with E-state index in [4.69, 9.17) is 19.9 Å². The van der Waals surface area contributed by atoms with E-state index in [2.05, 4.69) is 21.7 Å². The van der Waals surface area contributed by atoms with Gasteiger partial charge in [-0.05, 0) is 17.8 Å². The van der Waals surface area contributed by atoms with Crippen molar-refractivity contribution >= 4 is 24.0 Å². The summed E-state index contributed by atoms with van der Waals surface area (Å²) in [4.78, 5) is 14.4. The molecule has 0 saturated carbocycles. The third kappa shape index (κ3) is 5.61. The second kappa shape index (κ2) is 10.4. The van der Waals surface area contributed by atoms with Gasteiger partial charge in [0, 0.05) is 20.8 Å². The van der Waals surface area contributed by atoms with Crippen molar-refractivity contribution in [3.05, 3.63) is 35.4 Å². The lowest BCUT2D eigenvalue weighted by molar-refractivity contribution is 0.141. The van der Waals surface area contributed by atoms with E-state index in [0.29, 0.717) is 31.3 Å². The van der Waals surface area contributed by atoms with E-state index in [9.17, 15) is 5.11 Å². The fraction of sp³-hybridized carbons (Fsp3) is 0.389. The van der Waals surface area contributed by atoms with E-state index in [1.807, 2.05) is 29.2 Å². The van der Waals surface area contributed by atoms with Crippen molar-refractivity contribution in [2.45, 2.75) is 13.2 Å². The smallest absolute Gasteiger partial charge is 0.320 e. The molecule has 0 atom stereocenters. The van der Waals surface area contributed by atoms with Crippen LogP contribution >= 0.6 is 0 Å². The van der Waals surface area contributed by atoms with Crippen molar-refractivity contribution in [2.75, 3.05) is 44.8 Å². The van der Waals surface area contributed by atoms with E-state index in [-0.39, 0.29) is 25.2 Å². The summed E-state index contributed by atoms with van der Waals surface area (Å²) in [6, 6.07) is 7.70. The molecule has 0 unspecified atom stereocenters. The number of aliphatic hydroxyl groups excluding tert-OH is 1. The molecule has 0 saturated heterocycles. The van der Waals surface area contributed by atoms with Crippen LogP contribution in [0.3, 0.4) is 0 Å². The Bertz CT molecular complexity index is 739. The minimum atomic E-state index is -0.00276. The number of anilines is 2. The van der Waals surface area contributed by atoms with Crippen molar-refractivity contribution in [1.82, 2.24) is 9.97 Å². The molecule has 27 heavy (non-hydrogen) atoms. The van der Waals surface area contributed by atoms with Crippen molar-refractivity contribution in [3.8, 4) is 6.01 Å². The van der Waals surface area contributed by atoms with Crippen LogP contribution in [0.15, 0.2) is 29.3 Å². The summed E-state index contributed by atoms with van der Waals surface area (Å²) >= 11 is 0. The lowest BCUT2D eigenvalue weighted by Crippen LogP contribution is -2.26. The van der Waals surface area contributed by atoms with Crippen LogP contribution in [-0.4, -0.2) is 56.0 Å². The quantitative estimate of drug-likeness (QED) is 0.345. The second-order valence-corrected chi connectivity index (χ2v) is 5.65. The molecule has 0 aliphatic carbocycles. The molecule has 0 fully saturated rings. The fourth-order valence-electron chi connectivity index (χ4n) is 2.40. The summed E-state index contributed by atoms with van der Waals surface area (Å²) in [5.41, 5.74) is 8.21. The number of aliphatic imine (C=N–C) groups is 1. The molecule has 1 aromatic heterocycles. The van der Waals surface area contributed by atoms with Gasteiger partial charge >= 0.3 is 6.01 Å². The summed E-state index contributed by atoms with van der Waals surface area (Å²) in [6.45, 7) is 4.99. The third-order valence-corrected chi connectivity index (χ3v) is 3.71. The Labute approximate surface area is 158 Å². The maximum atomic E-state index is 9.19. The summed E-state index contributed by atoms with van der Waals surface area (Å²) in [7, 11) is 3.17. The Kier molecular flexibility index (Phi) is 7.93. The molecule has 1 aromatic carbocycles. The van der Waals surface area contributed by atoms with E-state index in [1.165, 1.54) is 0 Å². The number of nitrogens with zero attached hydrogens (tertiary/aromatic N) is 4. The van der Waals surface area contributed by atoms with Gasteiger partial charge in [0.1, 0.15) is 19.0 Å². The van der Waals surface area contributed by atoms with E-state index in [1.54, 1.807) is 14.2 Å². The van der Waals surface area contributed by atoms with Gasteiger partial charge in [-0.25, -0.2) is 0 Å². The number of aromatic nitrogens is 2. The first-order valence-electron chi connectivity index (χ1n) is 8.31. The highest BCUT2D eigenvalue weighted by atomic mass is 16.5. The Morgan fingerprint density at radius 3 is 2.41 bits per heavy atom. The number of nitrogen functional groups attached to an aromatic ring is 1. The van der Waals surface area contributed by atoms with E-state index >= 15 is 0 Å². The Morgan fingerprint density at radius 2 is 1.81 bits per heavy atom. The molecule has 2 rings (SSSR count). The number of hydrogen-bond donors (Lipinski definition) is 2. The summed E-state index contributed by atoms with van der Waals surface area (Å²) < 4.78 is 15.8. The van der Waals surface area contributed by atoms with Gasteiger partial charge in [-0.1, -0.05) is 24.3 Å². The van der Waals surface area contributed by atoms with Gasteiger partial charge in [0.25, 0.3) is 0 Å². The highest BCUT2D eigenvalue weighted by Gasteiger charge is 2.19. The summed E-state index contributed by atoms with van der Waals surface area (Å²) in [6.07, 6.45) is 0. The van der Waals surface area contributed by atoms with Crippen LogP contribution in [0.25, 0.3) is 0 Å². The van der Waals surface area contributed by atoms with Gasteiger partial charge < -0.3 is 30.0 Å². The average Bonchev–Trinajstić information content (AvgIpc) is 2.68. The highest BCUT2D eigenvalue weighted by molar-refractivity contribution is 5.75. The predicted molar refractivity (Wildman–Crippen MR) is 103 cm³/mol. The number of methoxy groups -OCH3 is 2. The topological polar surface area (TPSA) is 115 Å². The number of rotatable bonds is 11. The molecule has 1 heterocycles. The number of benzene rings is 1. The molecule has 9 nitrogen and oxygen atoms in total. The third-order valence-electron chi connectivity index (χ3n) is 3.71. The molecule has 0 spiro atoms. The molecule has 0 amide bonds. The fourth-order valence-corrected chi connectivity index (χ4v) is 2.40. The van der Waals surface area contributed by atoms with Crippen LogP contribution in [0, 0.1) is 0 Å². The van der Waals surface area contributed by atoms with Gasteiger partial charge in [-0.2, -0.15) is 9.97 Å². The van der Waals surface area contributed by atoms with Crippen molar-refractivity contribution in [1.29, 1.82) is 0 Å². The largest absolute Gasteiger partial charge is 0.461 e. The summed E-state index contributed by atoms with van der Waals surface area (Å²) in [5.74, 6) is 0.622. The predicted octanol–water partition coefficient (Wildman–Crippen LogP) is 1.52. The molecular formula is C18H25N5O4. The standard InChI is InChI=1S/C18H25N5O4/c1-20-15-16(19)21-18(27-9-8-25-2)22-17(15)23(12-26-3)10-13-4-6-14(11-24)7-5-13/h4-7,24H,1,8-12H2,2-3H3,(H2,19,21,22). The Hall–Kier alpha value is -2.75. The number of ether oxygens (including phenoxy) is 3. The molecule has 3 N–H and O–H groups in total. The highest BCUT2D eigenvalue weighted by Crippen LogP contribution is 2.33. The first-order chi connectivity index (χ1) is 13.1. The maximum Gasteiger partial charge on any atom is 0.320 e. The number of aliphatic hydroxyl groups is 1. The van der Waals surface area contributed by atoms with Crippen molar-refractivity contribution in [2.24, 2.45) is 4.99 Å². The minimum absolute atomic E-state index is 0.00276. The second-order valence-electron chi connectivity index (χ2n) is 5.65. The SMILES string of the molecule is C=Nc1c(N)nc(OCCOC)nc1N(COC)Cc1ccc(CO)cc1. The van der Waals surface area contributed by atoms with Crippen molar-refractivity contribution in [3.63, 3.8) is 0 Å². The van der Waals surface area contributed by atoms with Gasteiger partial charge in [0.2, 0.25) is 0 Å². The molecule has 0 radical (unpaired) electrons. The van der Waals surface area contributed by atoms with Gasteiger partial charge in [-0.3, -0.25) is 4.99 Å². The van der Waals surface area contributed by atoms with Crippen LogP contribution < -0.4 is 15.4 Å². The molecular weight excluding hydrogens is 350 g/mol. The molecule has 2 aromatic rings. The van der Waals surface area contributed by atoms with Gasteiger partial charge in [-0.15, -0.1) is 0 Å². The first-order valence-corrected chi connectivity index (χ1v) is 8.31. The van der Waals surface area contributed by atoms with E-state index < -0.39 is 0 Å². The van der Waals surface area contributed by atoms with Crippen LogP contribution in [-0.2, 0) is 22.6 Å². The molecule has 9 heteroatoms. The van der Waals surface area contributed by atoms with E-state index in [0.717, 1.165) is 11.1 Å². The van der Waals surface area contributed by atoms with Crippen LogP contribution in [0.1, 0.15) is 11.1 Å². The molecule has 0 aliphatic rings. The first kappa shape index (κ1) is 20.6. The zero-order valence-electron chi connectivity index (χ0n) is 15.6. The zero-order chi connectivity index (χ0) is 19.6. The lowest BCUT2D eigenvalue weighted by Gasteiger charge is -2.25. The minimum Gasteiger partial charge on any atom is -0.461 e. The molecule has 0 bridgehead atoms. The van der Waals surface area contributed by atoms with Crippen LogP contribution in [0.2, 0.25) is 0 Å². The average molecular weight is 375 g/mol. The lowest BCUT2D eigenvalue weighted by atomic mass is 10.1. The van der Waals surface area contributed by atoms with Gasteiger partial charge in [0.05, 0.1) is 13.2 Å². The Morgan fingerprint density at radius 1 is 1.11 bits per heavy atom. The monoisotopic (exact) mass is 375 g/mol. The number of nitrogens with two attached hydrogens (primary N) is 1. The van der Waals surface area contributed by atoms with Gasteiger partial charge in [0.15, 0.2) is 11.6 Å². The Balaban J connectivity index is 2.33.